The van der Waals surface area contributed by atoms with E-state index >= 15 is 0 Å². The van der Waals surface area contributed by atoms with E-state index < -0.39 is 12.0 Å². The van der Waals surface area contributed by atoms with Crippen LogP contribution >= 0.6 is 0 Å². The Morgan fingerprint density at radius 3 is 2.38 bits per heavy atom. The number of hydrogen-bond acceptors (Lipinski definition) is 2. The van der Waals surface area contributed by atoms with Gasteiger partial charge in [0.05, 0.1) is 0 Å². The van der Waals surface area contributed by atoms with Crippen LogP contribution in [0.25, 0.3) is 0 Å². The van der Waals surface area contributed by atoms with Gasteiger partial charge in [-0.2, -0.15) is 0 Å². The summed E-state index contributed by atoms with van der Waals surface area (Å²) in [5, 5.41) is 11.8. The van der Waals surface area contributed by atoms with Crippen LogP contribution in [0.5, 0.6) is 0 Å². The average molecular weight is 298 g/mol. The third-order valence-electron chi connectivity index (χ3n) is 4.62. The number of carbonyl (C=O) groups is 2. The van der Waals surface area contributed by atoms with Gasteiger partial charge < -0.3 is 15.3 Å². The maximum atomic E-state index is 12.2. The Morgan fingerprint density at radius 1 is 1.33 bits per heavy atom. The van der Waals surface area contributed by atoms with Crippen molar-refractivity contribution in [2.75, 3.05) is 7.05 Å². The molecule has 21 heavy (non-hydrogen) atoms. The van der Waals surface area contributed by atoms with E-state index in [-0.39, 0.29) is 12.1 Å². The van der Waals surface area contributed by atoms with E-state index in [2.05, 4.69) is 19.2 Å². The first-order chi connectivity index (χ1) is 9.76. The predicted octanol–water partition coefficient (Wildman–Crippen LogP) is 3.24. The fraction of sp³-hybridized carbons (Fsp3) is 0.875. The number of carboxylic acid groups (broad SMARTS) is 1. The lowest BCUT2D eigenvalue weighted by Gasteiger charge is -2.38. The van der Waals surface area contributed by atoms with E-state index in [1.165, 1.54) is 0 Å². The normalized spacial score (nSPS) is 19.8. The summed E-state index contributed by atoms with van der Waals surface area (Å²) >= 11 is 0. The Kier molecular flexibility index (Phi) is 6.49. The van der Waals surface area contributed by atoms with Crippen molar-refractivity contribution in [3.8, 4) is 0 Å². The highest BCUT2D eigenvalue weighted by Gasteiger charge is 2.31. The lowest BCUT2D eigenvalue weighted by atomic mass is 9.75. The number of aliphatic carboxylic acids is 1. The van der Waals surface area contributed by atoms with Gasteiger partial charge in [0, 0.05) is 13.1 Å². The molecule has 0 bridgehead atoms. The maximum absolute atomic E-state index is 12.2. The van der Waals surface area contributed by atoms with Crippen molar-refractivity contribution in [3.63, 3.8) is 0 Å². The standard InChI is InChI=1S/C16H30N2O3/c1-5-6-7-13(14(19)20)17-15(21)18(4)12-8-10-16(2,3)11-9-12/h12-13H,5-11H2,1-4H3,(H,17,21)(H,19,20)/t13-/m0/s1. The van der Waals surface area contributed by atoms with E-state index in [9.17, 15) is 14.7 Å². The molecule has 2 N–H and O–H groups in total. The van der Waals surface area contributed by atoms with Gasteiger partial charge in [0.1, 0.15) is 6.04 Å². The highest BCUT2D eigenvalue weighted by atomic mass is 16.4. The summed E-state index contributed by atoms with van der Waals surface area (Å²) < 4.78 is 0. The summed E-state index contributed by atoms with van der Waals surface area (Å²) in [6, 6.07) is -0.818. The van der Waals surface area contributed by atoms with Gasteiger partial charge in [-0.3, -0.25) is 0 Å². The summed E-state index contributed by atoms with van der Waals surface area (Å²) in [5.41, 5.74) is 0.360. The molecule has 0 aliphatic heterocycles. The second-order valence-electron chi connectivity index (χ2n) is 6.99. The number of carboxylic acids is 1. The Bertz CT molecular complexity index is 359. The molecule has 0 aromatic carbocycles. The van der Waals surface area contributed by atoms with Crippen LogP contribution in [0.4, 0.5) is 4.79 Å². The molecule has 0 heterocycles. The van der Waals surface area contributed by atoms with Crippen LogP contribution in [0.1, 0.15) is 65.7 Å². The van der Waals surface area contributed by atoms with Crippen LogP contribution in [0.15, 0.2) is 0 Å². The van der Waals surface area contributed by atoms with Crippen LogP contribution < -0.4 is 5.32 Å². The molecule has 0 radical (unpaired) electrons. The van der Waals surface area contributed by atoms with Gasteiger partial charge in [-0.05, 0) is 37.5 Å². The number of unbranched alkanes of at least 4 members (excludes halogenated alkanes) is 1. The van der Waals surface area contributed by atoms with Crippen molar-refractivity contribution in [1.82, 2.24) is 10.2 Å². The number of carbonyl (C=O) groups excluding carboxylic acids is 1. The van der Waals surface area contributed by atoms with Crippen molar-refractivity contribution in [1.29, 1.82) is 0 Å². The van der Waals surface area contributed by atoms with Crippen LogP contribution in [0, 0.1) is 5.41 Å². The smallest absolute Gasteiger partial charge is 0.326 e. The monoisotopic (exact) mass is 298 g/mol. The zero-order valence-corrected chi connectivity index (χ0v) is 13.8. The van der Waals surface area contributed by atoms with Crippen molar-refractivity contribution in [3.05, 3.63) is 0 Å². The minimum Gasteiger partial charge on any atom is -0.480 e. The van der Waals surface area contributed by atoms with Gasteiger partial charge in [-0.25, -0.2) is 9.59 Å². The number of hydrogen-bond donors (Lipinski definition) is 2. The number of nitrogens with zero attached hydrogens (tertiary/aromatic N) is 1. The fourth-order valence-electron chi connectivity index (χ4n) is 2.85. The minimum atomic E-state index is -0.949. The van der Waals surface area contributed by atoms with Crippen molar-refractivity contribution < 1.29 is 14.7 Å². The molecule has 0 aromatic rings. The van der Waals surface area contributed by atoms with E-state index in [1.807, 2.05) is 6.92 Å². The van der Waals surface area contributed by atoms with Crippen molar-refractivity contribution >= 4 is 12.0 Å². The number of rotatable bonds is 6. The average Bonchev–Trinajstić information content (AvgIpc) is 2.42. The summed E-state index contributed by atoms with van der Waals surface area (Å²) in [5.74, 6) is -0.949. The number of urea groups is 1. The molecule has 2 amide bonds. The van der Waals surface area contributed by atoms with Gasteiger partial charge in [0.25, 0.3) is 0 Å². The summed E-state index contributed by atoms with van der Waals surface area (Å²) in [6.45, 7) is 6.53. The molecule has 0 aromatic heterocycles. The molecule has 0 spiro atoms. The molecule has 0 saturated heterocycles. The molecule has 122 valence electrons. The van der Waals surface area contributed by atoms with Crippen molar-refractivity contribution in [2.45, 2.75) is 77.8 Å². The molecule has 5 nitrogen and oxygen atoms in total. The van der Waals surface area contributed by atoms with E-state index in [1.54, 1.807) is 11.9 Å². The van der Waals surface area contributed by atoms with Gasteiger partial charge in [0.2, 0.25) is 0 Å². The van der Waals surface area contributed by atoms with Gasteiger partial charge >= 0.3 is 12.0 Å². The van der Waals surface area contributed by atoms with E-state index in [0.29, 0.717) is 11.8 Å². The molecule has 1 fully saturated rings. The molecule has 1 rings (SSSR count). The van der Waals surface area contributed by atoms with Gasteiger partial charge in [0.15, 0.2) is 0 Å². The zero-order valence-electron chi connectivity index (χ0n) is 13.8. The summed E-state index contributed by atoms with van der Waals surface area (Å²) in [4.78, 5) is 25.1. The van der Waals surface area contributed by atoms with Crippen LogP contribution in [0.3, 0.4) is 0 Å². The molecule has 0 unspecified atom stereocenters. The Morgan fingerprint density at radius 2 is 1.90 bits per heavy atom. The molecular formula is C16H30N2O3. The molecular weight excluding hydrogens is 268 g/mol. The molecule has 1 saturated carbocycles. The SMILES string of the molecule is CCCC[C@H](NC(=O)N(C)C1CCC(C)(C)CC1)C(=O)O. The summed E-state index contributed by atoms with van der Waals surface area (Å²) in [7, 11) is 1.77. The van der Waals surface area contributed by atoms with Crippen LogP contribution in [0.2, 0.25) is 0 Å². The third kappa shape index (κ3) is 5.56. The number of amides is 2. The van der Waals surface area contributed by atoms with E-state index in [4.69, 9.17) is 0 Å². The first-order valence-electron chi connectivity index (χ1n) is 8.03. The zero-order chi connectivity index (χ0) is 16.0. The molecule has 1 aliphatic rings. The fourth-order valence-corrected chi connectivity index (χ4v) is 2.85. The molecule has 1 aliphatic carbocycles. The molecule has 1 atom stereocenters. The number of nitrogens with one attached hydrogen (secondary N) is 1. The predicted molar refractivity (Wildman–Crippen MR) is 83.3 cm³/mol. The van der Waals surface area contributed by atoms with E-state index in [0.717, 1.165) is 38.5 Å². The second-order valence-corrected chi connectivity index (χ2v) is 6.99. The lowest BCUT2D eigenvalue weighted by Crippen LogP contribution is -2.50. The first kappa shape index (κ1) is 17.8. The second kappa shape index (κ2) is 7.66. The third-order valence-corrected chi connectivity index (χ3v) is 4.62. The first-order valence-corrected chi connectivity index (χ1v) is 8.03. The Hall–Kier alpha value is -1.26. The minimum absolute atomic E-state index is 0.221. The highest BCUT2D eigenvalue weighted by Crippen LogP contribution is 2.36. The topological polar surface area (TPSA) is 69.6 Å². The van der Waals surface area contributed by atoms with Gasteiger partial charge in [-0.15, -0.1) is 0 Å². The van der Waals surface area contributed by atoms with Crippen LogP contribution in [-0.4, -0.2) is 41.1 Å². The lowest BCUT2D eigenvalue weighted by molar-refractivity contribution is -0.139. The van der Waals surface area contributed by atoms with Crippen molar-refractivity contribution in [2.24, 2.45) is 5.41 Å². The largest absolute Gasteiger partial charge is 0.480 e. The molecule has 5 heteroatoms. The van der Waals surface area contributed by atoms with Gasteiger partial charge in [-0.1, -0.05) is 33.6 Å². The maximum Gasteiger partial charge on any atom is 0.326 e. The summed E-state index contributed by atoms with van der Waals surface area (Å²) in [6.07, 6.45) is 6.41. The quantitative estimate of drug-likeness (QED) is 0.791. The Balaban J connectivity index is 2.51. The highest BCUT2D eigenvalue weighted by molar-refractivity contribution is 5.82. The Labute approximate surface area is 128 Å². The van der Waals surface area contributed by atoms with Crippen LogP contribution in [-0.2, 0) is 4.79 Å².